The quantitative estimate of drug-likeness (QED) is 0.947. The van der Waals surface area contributed by atoms with Crippen molar-refractivity contribution < 1.29 is 4.39 Å². The molecule has 3 nitrogen and oxygen atoms in total. The molecular weight excluding hydrogens is 285 g/mol. The summed E-state index contributed by atoms with van der Waals surface area (Å²) in [6.45, 7) is 0. The van der Waals surface area contributed by atoms with Gasteiger partial charge in [0.15, 0.2) is 0 Å². The van der Waals surface area contributed by atoms with Crippen LogP contribution in [-0.4, -0.2) is 9.97 Å². The Morgan fingerprint density at radius 2 is 2.00 bits per heavy atom. The predicted octanol–water partition coefficient (Wildman–Crippen LogP) is 2.62. The van der Waals surface area contributed by atoms with Crippen molar-refractivity contribution in [2.45, 2.75) is 12.5 Å². The Kier molecular flexibility index (Phi) is 3.81. The number of hydrogen-bond acceptors (Lipinski definition) is 3. The van der Waals surface area contributed by atoms with Crippen molar-refractivity contribution in [2.24, 2.45) is 5.73 Å². The predicted molar refractivity (Wildman–Crippen MR) is 66.8 cm³/mol. The minimum absolute atomic E-state index is 0.241. The first-order valence-electron chi connectivity index (χ1n) is 5.12. The van der Waals surface area contributed by atoms with Crippen LogP contribution < -0.4 is 5.73 Å². The molecule has 0 fully saturated rings. The van der Waals surface area contributed by atoms with Crippen LogP contribution in [0, 0.1) is 5.82 Å². The highest BCUT2D eigenvalue weighted by Gasteiger charge is 2.11. The maximum absolute atomic E-state index is 13.3. The van der Waals surface area contributed by atoms with Gasteiger partial charge in [0.05, 0.1) is 4.47 Å². The third-order valence-corrected chi connectivity index (χ3v) is 3.37. The van der Waals surface area contributed by atoms with Crippen LogP contribution in [-0.2, 0) is 6.42 Å². The van der Waals surface area contributed by atoms with Gasteiger partial charge in [0.2, 0.25) is 0 Å². The highest BCUT2D eigenvalue weighted by atomic mass is 79.9. The third kappa shape index (κ3) is 2.87. The summed E-state index contributed by atoms with van der Waals surface area (Å²) < 4.78 is 13.8. The summed E-state index contributed by atoms with van der Waals surface area (Å²) in [4.78, 5) is 7.82. The van der Waals surface area contributed by atoms with Crippen LogP contribution in [0.5, 0.6) is 0 Å². The Morgan fingerprint density at radius 3 is 2.71 bits per heavy atom. The van der Waals surface area contributed by atoms with Gasteiger partial charge < -0.3 is 5.73 Å². The maximum atomic E-state index is 13.3. The zero-order valence-electron chi connectivity index (χ0n) is 8.98. The standard InChI is InChI=1S/C12H11BrFN3/c13-12-8(2-1-3-10(12)14)4-11(15)9-5-16-7-17-6-9/h1-3,5-7,11H,4,15H2. The lowest BCUT2D eigenvalue weighted by Gasteiger charge is -2.12. The van der Waals surface area contributed by atoms with Crippen LogP contribution in [0.3, 0.4) is 0 Å². The van der Waals surface area contributed by atoms with E-state index in [1.165, 1.54) is 12.4 Å². The molecule has 1 atom stereocenters. The van der Waals surface area contributed by atoms with Crippen LogP contribution in [0.25, 0.3) is 0 Å². The molecule has 2 aromatic rings. The number of rotatable bonds is 3. The molecule has 0 spiro atoms. The van der Waals surface area contributed by atoms with E-state index in [9.17, 15) is 4.39 Å². The first-order valence-corrected chi connectivity index (χ1v) is 5.91. The van der Waals surface area contributed by atoms with Crippen molar-refractivity contribution >= 4 is 15.9 Å². The van der Waals surface area contributed by atoms with E-state index < -0.39 is 0 Å². The molecular formula is C12H11BrFN3. The number of aromatic nitrogens is 2. The van der Waals surface area contributed by atoms with E-state index in [1.54, 1.807) is 18.5 Å². The second kappa shape index (κ2) is 5.33. The molecule has 17 heavy (non-hydrogen) atoms. The second-order valence-corrected chi connectivity index (χ2v) is 4.49. The molecule has 0 radical (unpaired) electrons. The van der Waals surface area contributed by atoms with Gasteiger partial charge in [0.1, 0.15) is 12.1 Å². The summed E-state index contributed by atoms with van der Waals surface area (Å²) in [7, 11) is 0. The highest BCUT2D eigenvalue weighted by Crippen LogP contribution is 2.24. The van der Waals surface area contributed by atoms with Gasteiger partial charge in [-0.25, -0.2) is 14.4 Å². The number of nitrogens with two attached hydrogens (primary N) is 1. The van der Waals surface area contributed by atoms with Crippen LogP contribution in [0.1, 0.15) is 17.2 Å². The van der Waals surface area contributed by atoms with Crippen LogP contribution in [0.4, 0.5) is 4.39 Å². The molecule has 2 rings (SSSR count). The van der Waals surface area contributed by atoms with Gasteiger partial charge in [0, 0.05) is 24.0 Å². The van der Waals surface area contributed by atoms with E-state index in [1.807, 2.05) is 6.07 Å². The molecule has 0 saturated heterocycles. The molecule has 0 bridgehead atoms. The van der Waals surface area contributed by atoms with E-state index in [2.05, 4.69) is 25.9 Å². The third-order valence-electron chi connectivity index (χ3n) is 2.48. The molecule has 0 saturated carbocycles. The molecule has 5 heteroatoms. The fraction of sp³-hybridized carbons (Fsp3) is 0.167. The molecule has 0 aliphatic heterocycles. The average Bonchev–Trinajstić information content (AvgIpc) is 2.36. The number of benzene rings is 1. The van der Waals surface area contributed by atoms with Gasteiger partial charge in [-0.05, 0) is 34.0 Å². The van der Waals surface area contributed by atoms with E-state index in [0.717, 1.165) is 11.1 Å². The van der Waals surface area contributed by atoms with Crippen molar-refractivity contribution in [1.82, 2.24) is 9.97 Å². The first kappa shape index (κ1) is 12.1. The van der Waals surface area contributed by atoms with Gasteiger partial charge in [-0.15, -0.1) is 0 Å². The molecule has 0 aliphatic carbocycles. The van der Waals surface area contributed by atoms with Crippen LogP contribution in [0.2, 0.25) is 0 Å². The number of nitrogens with zero attached hydrogens (tertiary/aromatic N) is 2. The smallest absolute Gasteiger partial charge is 0.137 e. The zero-order chi connectivity index (χ0) is 12.3. The summed E-state index contributed by atoms with van der Waals surface area (Å²) in [5.74, 6) is -0.279. The van der Waals surface area contributed by atoms with Crippen molar-refractivity contribution in [1.29, 1.82) is 0 Å². The molecule has 0 amide bonds. The Labute approximate surface area is 107 Å². The Morgan fingerprint density at radius 1 is 1.29 bits per heavy atom. The van der Waals surface area contributed by atoms with E-state index in [4.69, 9.17) is 5.73 Å². The maximum Gasteiger partial charge on any atom is 0.137 e. The fourth-order valence-corrected chi connectivity index (χ4v) is 1.99. The van der Waals surface area contributed by atoms with Gasteiger partial charge in [-0.1, -0.05) is 12.1 Å². The summed E-state index contributed by atoms with van der Waals surface area (Å²) in [5, 5.41) is 0. The second-order valence-electron chi connectivity index (χ2n) is 3.70. The summed E-state index contributed by atoms with van der Waals surface area (Å²) in [6.07, 6.45) is 5.33. The highest BCUT2D eigenvalue weighted by molar-refractivity contribution is 9.10. The normalized spacial score (nSPS) is 12.4. The van der Waals surface area contributed by atoms with E-state index in [0.29, 0.717) is 10.9 Å². The lowest BCUT2D eigenvalue weighted by atomic mass is 10.0. The van der Waals surface area contributed by atoms with Crippen LogP contribution >= 0.6 is 15.9 Å². The van der Waals surface area contributed by atoms with E-state index >= 15 is 0 Å². The molecule has 1 heterocycles. The SMILES string of the molecule is NC(Cc1cccc(F)c1Br)c1cncnc1. The molecule has 1 aromatic carbocycles. The average molecular weight is 296 g/mol. The topological polar surface area (TPSA) is 51.8 Å². The van der Waals surface area contributed by atoms with Gasteiger partial charge in [-0.2, -0.15) is 0 Å². The molecule has 1 aromatic heterocycles. The number of halogens is 2. The van der Waals surface area contributed by atoms with Gasteiger partial charge in [0.25, 0.3) is 0 Å². The largest absolute Gasteiger partial charge is 0.324 e. The van der Waals surface area contributed by atoms with Crippen molar-refractivity contribution in [3.63, 3.8) is 0 Å². The molecule has 2 N–H and O–H groups in total. The van der Waals surface area contributed by atoms with Gasteiger partial charge in [-0.3, -0.25) is 0 Å². The summed E-state index contributed by atoms with van der Waals surface area (Å²) in [5.41, 5.74) is 7.69. The lowest BCUT2D eigenvalue weighted by Crippen LogP contribution is -2.14. The Balaban J connectivity index is 2.19. The van der Waals surface area contributed by atoms with Gasteiger partial charge >= 0.3 is 0 Å². The summed E-state index contributed by atoms with van der Waals surface area (Å²) in [6, 6.07) is 4.68. The van der Waals surface area contributed by atoms with Crippen LogP contribution in [0.15, 0.2) is 41.4 Å². The zero-order valence-corrected chi connectivity index (χ0v) is 10.6. The molecule has 1 unspecified atom stereocenters. The van der Waals surface area contributed by atoms with E-state index in [-0.39, 0.29) is 11.9 Å². The first-order chi connectivity index (χ1) is 8.18. The fourth-order valence-electron chi connectivity index (χ4n) is 1.56. The number of hydrogen-bond donors (Lipinski definition) is 1. The lowest BCUT2D eigenvalue weighted by molar-refractivity contribution is 0.614. The molecule has 88 valence electrons. The van der Waals surface area contributed by atoms with Crippen molar-refractivity contribution in [2.75, 3.05) is 0 Å². The summed E-state index contributed by atoms with van der Waals surface area (Å²) >= 11 is 3.22. The minimum Gasteiger partial charge on any atom is -0.324 e. The minimum atomic E-state index is -0.279. The van der Waals surface area contributed by atoms with Crippen molar-refractivity contribution in [3.05, 3.63) is 58.3 Å². The Bertz CT molecular complexity index is 504. The molecule has 0 aliphatic rings. The van der Waals surface area contributed by atoms with Crippen molar-refractivity contribution in [3.8, 4) is 0 Å². The monoisotopic (exact) mass is 295 g/mol. The Hall–Kier alpha value is -1.33.